The summed E-state index contributed by atoms with van der Waals surface area (Å²) in [6.45, 7) is 6.03. The highest BCUT2D eigenvalue weighted by Gasteiger charge is 2.18. The number of aliphatic carboxylic acids is 1. The van der Waals surface area contributed by atoms with Crippen LogP contribution in [0.25, 0.3) is 0 Å². The predicted octanol–water partition coefficient (Wildman–Crippen LogP) is -1.24. The van der Waals surface area contributed by atoms with Crippen molar-refractivity contribution in [3.05, 3.63) is 0 Å². The molecule has 0 spiro atoms. The Labute approximate surface area is 120 Å². The molecule has 0 radical (unpaired) electrons. The highest BCUT2D eigenvalue weighted by Crippen LogP contribution is 1.99. The number of nitrogens with zero attached hydrogens (tertiary/aromatic N) is 3. The molecule has 0 aliphatic carbocycles. The summed E-state index contributed by atoms with van der Waals surface area (Å²) in [6.07, 6.45) is 0.110. The standard InChI is InChI=1S/C13H26N4O3/c1-15-7-9-17(10-8-15)11-12(18)16(2)6-5-14-4-3-13(19)20/h14H,3-11H2,1-2H3,(H,19,20). The zero-order valence-electron chi connectivity index (χ0n) is 12.5. The average molecular weight is 286 g/mol. The molecule has 1 heterocycles. The second-order valence-electron chi connectivity index (χ2n) is 5.29. The Kier molecular flexibility index (Phi) is 7.50. The number of rotatable bonds is 8. The lowest BCUT2D eigenvalue weighted by atomic mass is 10.3. The summed E-state index contributed by atoms with van der Waals surface area (Å²) in [5.74, 6) is -0.688. The molecule has 7 nitrogen and oxygen atoms in total. The number of carboxylic acids is 1. The molecule has 0 bridgehead atoms. The van der Waals surface area contributed by atoms with Crippen molar-refractivity contribution >= 4 is 11.9 Å². The lowest BCUT2D eigenvalue weighted by Gasteiger charge is -2.32. The second kappa shape index (κ2) is 8.89. The number of nitrogens with one attached hydrogen (secondary N) is 1. The first kappa shape index (κ1) is 16.9. The van der Waals surface area contributed by atoms with Gasteiger partial charge in [-0.25, -0.2) is 0 Å². The van der Waals surface area contributed by atoms with Gasteiger partial charge in [-0.3, -0.25) is 14.5 Å². The Morgan fingerprint density at radius 2 is 1.85 bits per heavy atom. The van der Waals surface area contributed by atoms with Crippen LogP contribution in [0, 0.1) is 0 Å². The lowest BCUT2D eigenvalue weighted by Crippen LogP contribution is -2.48. The second-order valence-corrected chi connectivity index (χ2v) is 5.29. The van der Waals surface area contributed by atoms with Gasteiger partial charge in [0.05, 0.1) is 13.0 Å². The number of carbonyl (C=O) groups is 2. The molecular weight excluding hydrogens is 260 g/mol. The number of carbonyl (C=O) groups excluding carboxylic acids is 1. The fourth-order valence-corrected chi connectivity index (χ4v) is 2.01. The van der Waals surface area contributed by atoms with Crippen LogP contribution in [0.1, 0.15) is 6.42 Å². The molecule has 116 valence electrons. The molecule has 1 saturated heterocycles. The van der Waals surface area contributed by atoms with E-state index in [4.69, 9.17) is 5.11 Å². The smallest absolute Gasteiger partial charge is 0.304 e. The molecule has 0 unspecified atom stereocenters. The van der Waals surface area contributed by atoms with E-state index in [0.717, 1.165) is 26.2 Å². The number of hydrogen-bond acceptors (Lipinski definition) is 5. The maximum Gasteiger partial charge on any atom is 0.304 e. The minimum Gasteiger partial charge on any atom is -0.481 e. The number of hydrogen-bond donors (Lipinski definition) is 2. The van der Waals surface area contributed by atoms with Gasteiger partial charge in [0, 0.05) is 52.9 Å². The quantitative estimate of drug-likeness (QED) is 0.544. The van der Waals surface area contributed by atoms with Crippen molar-refractivity contribution < 1.29 is 14.7 Å². The first-order chi connectivity index (χ1) is 9.49. The van der Waals surface area contributed by atoms with Crippen molar-refractivity contribution in [2.24, 2.45) is 0 Å². The maximum absolute atomic E-state index is 12.0. The van der Waals surface area contributed by atoms with Gasteiger partial charge in [0.25, 0.3) is 0 Å². The SMILES string of the molecule is CN1CCN(CC(=O)N(C)CCNCCC(=O)O)CC1. The maximum atomic E-state index is 12.0. The summed E-state index contributed by atoms with van der Waals surface area (Å²) >= 11 is 0. The van der Waals surface area contributed by atoms with E-state index in [-0.39, 0.29) is 12.3 Å². The van der Waals surface area contributed by atoms with Gasteiger partial charge in [-0.2, -0.15) is 0 Å². The summed E-state index contributed by atoms with van der Waals surface area (Å²) in [7, 11) is 3.88. The fourth-order valence-electron chi connectivity index (χ4n) is 2.01. The molecule has 1 fully saturated rings. The summed E-state index contributed by atoms with van der Waals surface area (Å²) < 4.78 is 0. The van der Waals surface area contributed by atoms with Crippen LogP contribution >= 0.6 is 0 Å². The number of amides is 1. The van der Waals surface area contributed by atoms with Crippen molar-refractivity contribution in [2.75, 3.05) is 66.5 Å². The van der Waals surface area contributed by atoms with E-state index in [1.807, 2.05) is 0 Å². The molecule has 1 aliphatic heterocycles. The predicted molar refractivity (Wildman–Crippen MR) is 76.7 cm³/mol. The summed E-state index contributed by atoms with van der Waals surface area (Å²) in [5.41, 5.74) is 0. The van der Waals surface area contributed by atoms with E-state index in [1.165, 1.54) is 0 Å². The van der Waals surface area contributed by atoms with Crippen molar-refractivity contribution in [3.63, 3.8) is 0 Å². The van der Waals surface area contributed by atoms with Crippen LogP contribution in [0.2, 0.25) is 0 Å². The summed E-state index contributed by atoms with van der Waals surface area (Å²) in [6, 6.07) is 0. The normalized spacial score (nSPS) is 17.1. The van der Waals surface area contributed by atoms with Crippen LogP contribution in [0.3, 0.4) is 0 Å². The first-order valence-electron chi connectivity index (χ1n) is 7.06. The van der Waals surface area contributed by atoms with E-state index in [0.29, 0.717) is 26.2 Å². The average Bonchev–Trinajstić information content (AvgIpc) is 2.40. The van der Waals surface area contributed by atoms with Gasteiger partial charge in [-0.15, -0.1) is 0 Å². The molecule has 20 heavy (non-hydrogen) atoms. The van der Waals surface area contributed by atoms with Crippen LogP contribution in [0.5, 0.6) is 0 Å². The summed E-state index contributed by atoms with van der Waals surface area (Å²) in [5, 5.41) is 11.5. The monoisotopic (exact) mass is 286 g/mol. The third-order valence-corrected chi connectivity index (χ3v) is 3.52. The van der Waals surface area contributed by atoms with Crippen molar-refractivity contribution in [3.8, 4) is 0 Å². The van der Waals surface area contributed by atoms with Crippen molar-refractivity contribution in [1.29, 1.82) is 0 Å². The molecule has 2 N–H and O–H groups in total. The molecule has 7 heteroatoms. The highest BCUT2D eigenvalue weighted by molar-refractivity contribution is 5.78. The molecule has 0 aromatic carbocycles. The molecule has 0 saturated carbocycles. The largest absolute Gasteiger partial charge is 0.481 e. The Bertz CT molecular complexity index is 317. The van der Waals surface area contributed by atoms with Gasteiger partial charge in [-0.05, 0) is 7.05 Å². The molecule has 0 aromatic heterocycles. The topological polar surface area (TPSA) is 76.1 Å². The fraction of sp³-hybridized carbons (Fsp3) is 0.846. The Hall–Kier alpha value is -1.18. The molecule has 0 atom stereocenters. The molecule has 0 aromatic rings. The van der Waals surface area contributed by atoms with Crippen molar-refractivity contribution in [2.45, 2.75) is 6.42 Å². The Morgan fingerprint density at radius 1 is 1.20 bits per heavy atom. The first-order valence-corrected chi connectivity index (χ1v) is 7.06. The van der Waals surface area contributed by atoms with Crippen LogP contribution < -0.4 is 5.32 Å². The molecule has 1 amide bonds. The van der Waals surface area contributed by atoms with Gasteiger partial charge in [0.1, 0.15) is 0 Å². The van der Waals surface area contributed by atoms with E-state index < -0.39 is 5.97 Å². The zero-order valence-corrected chi connectivity index (χ0v) is 12.5. The van der Waals surface area contributed by atoms with E-state index in [2.05, 4.69) is 22.2 Å². The van der Waals surface area contributed by atoms with Crippen LogP contribution in [-0.4, -0.2) is 98.1 Å². The summed E-state index contributed by atoms with van der Waals surface area (Å²) in [4.78, 5) is 28.5. The van der Waals surface area contributed by atoms with Crippen molar-refractivity contribution in [1.82, 2.24) is 20.0 Å². The molecule has 1 aliphatic rings. The Morgan fingerprint density at radius 3 is 2.45 bits per heavy atom. The molecule has 1 rings (SSSR count). The van der Waals surface area contributed by atoms with Gasteiger partial charge < -0.3 is 20.2 Å². The lowest BCUT2D eigenvalue weighted by molar-refractivity contribution is -0.137. The molecular formula is C13H26N4O3. The van der Waals surface area contributed by atoms with Crippen LogP contribution in [0.15, 0.2) is 0 Å². The van der Waals surface area contributed by atoms with Gasteiger partial charge >= 0.3 is 5.97 Å². The minimum atomic E-state index is -0.808. The Balaban J connectivity index is 2.11. The van der Waals surface area contributed by atoms with E-state index >= 15 is 0 Å². The van der Waals surface area contributed by atoms with E-state index in [9.17, 15) is 9.59 Å². The van der Waals surface area contributed by atoms with Crippen LogP contribution in [0.4, 0.5) is 0 Å². The van der Waals surface area contributed by atoms with Gasteiger partial charge in [-0.1, -0.05) is 0 Å². The zero-order chi connectivity index (χ0) is 15.0. The highest BCUT2D eigenvalue weighted by atomic mass is 16.4. The van der Waals surface area contributed by atoms with Crippen LogP contribution in [-0.2, 0) is 9.59 Å². The van der Waals surface area contributed by atoms with Gasteiger partial charge in [0.15, 0.2) is 0 Å². The third kappa shape index (κ3) is 6.83. The minimum absolute atomic E-state index is 0.110. The number of likely N-dealkylation sites (N-methyl/N-ethyl adjacent to an activating group) is 2. The number of piperazine rings is 1. The van der Waals surface area contributed by atoms with E-state index in [1.54, 1.807) is 11.9 Å². The van der Waals surface area contributed by atoms with Gasteiger partial charge in [0.2, 0.25) is 5.91 Å². The third-order valence-electron chi connectivity index (χ3n) is 3.52. The number of carboxylic acid groups (broad SMARTS) is 1.